The van der Waals surface area contributed by atoms with Crippen LogP contribution in [0.1, 0.15) is 51.4 Å². The van der Waals surface area contributed by atoms with Gasteiger partial charge in [0.2, 0.25) is 0 Å². The number of amides is 1. The number of ether oxygens (including phenoxy) is 3. The Kier molecular flexibility index (Phi) is 8.69. The maximum atomic E-state index is 13.5. The van der Waals surface area contributed by atoms with Gasteiger partial charge in [0.1, 0.15) is 28.7 Å². The summed E-state index contributed by atoms with van der Waals surface area (Å²) >= 11 is 0.943. The SMILES string of the molecule is C=CCOc1ccc(C(O)=C2C(=O)C(=O)N(c3nc(C)c(C(=O)OC)s3)[C@@H]2c2ccc(OCCC)cc2)cc1C. The summed E-state index contributed by atoms with van der Waals surface area (Å²) in [5.74, 6) is -1.44. The van der Waals surface area contributed by atoms with Crippen LogP contribution in [0, 0.1) is 13.8 Å². The van der Waals surface area contributed by atoms with E-state index in [-0.39, 0.29) is 21.3 Å². The van der Waals surface area contributed by atoms with Gasteiger partial charge in [0.15, 0.2) is 5.13 Å². The van der Waals surface area contributed by atoms with Gasteiger partial charge in [-0.05, 0) is 61.7 Å². The molecule has 2 heterocycles. The average Bonchev–Trinajstić information content (AvgIpc) is 3.46. The lowest BCUT2D eigenvalue weighted by atomic mass is 9.95. The lowest BCUT2D eigenvalue weighted by Crippen LogP contribution is -2.29. The number of aliphatic hydroxyl groups is 1. The highest BCUT2D eigenvalue weighted by atomic mass is 32.1. The van der Waals surface area contributed by atoms with Gasteiger partial charge >= 0.3 is 11.9 Å². The molecular weight excluding hydrogens is 532 g/mol. The lowest BCUT2D eigenvalue weighted by molar-refractivity contribution is -0.132. The molecule has 2 aromatic carbocycles. The number of aryl methyl sites for hydroxylation is 2. The minimum atomic E-state index is -1.01. The largest absolute Gasteiger partial charge is 0.507 e. The first kappa shape index (κ1) is 28.6. The fourth-order valence-electron chi connectivity index (χ4n) is 4.34. The van der Waals surface area contributed by atoms with Crippen LogP contribution < -0.4 is 14.4 Å². The summed E-state index contributed by atoms with van der Waals surface area (Å²) in [4.78, 5) is 45.1. The molecule has 3 aromatic rings. The zero-order valence-corrected chi connectivity index (χ0v) is 23.5. The molecule has 1 atom stereocenters. The molecule has 0 saturated carbocycles. The molecule has 1 aliphatic heterocycles. The van der Waals surface area contributed by atoms with Gasteiger partial charge in [0, 0.05) is 5.56 Å². The predicted molar refractivity (Wildman–Crippen MR) is 152 cm³/mol. The number of rotatable bonds is 10. The van der Waals surface area contributed by atoms with Gasteiger partial charge in [-0.3, -0.25) is 14.5 Å². The quantitative estimate of drug-likeness (QED) is 0.113. The van der Waals surface area contributed by atoms with E-state index in [1.54, 1.807) is 55.5 Å². The Labute approximate surface area is 236 Å². The number of aromatic nitrogens is 1. The second kappa shape index (κ2) is 12.2. The fraction of sp³-hybridized carbons (Fsp3) is 0.267. The van der Waals surface area contributed by atoms with Gasteiger partial charge in [-0.1, -0.05) is 43.0 Å². The van der Waals surface area contributed by atoms with Crippen molar-refractivity contribution < 1.29 is 33.7 Å². The maximum Gasteiger partial charge on any atom is 0.350 e. The van der Waals surface area contributed by atoms with E-state index in [1.165, 1.54) is 12.0 Å². The molecule has 9 nitrogen and oxygen atoms in total. The van der Waals surface area contributed by atoms with Crippen LogP contribution in [0.5, 0.6) is 11.5 Å². The molecular formula is C30H30N2O7S. The van der Waals surface area contributed by atoms with Crippen molar-refractivity contribution in [3.63, 3.8) is 0 Å². The Morgan fingerprint density at radius 1 is 1.15 bits per heavy atom. The molecule has 1 fully saturated rings. The van der Waals surface area contributed by atoms with E-state index in [2.05, 4.69) is 11.6 Å². The summed E-state index contributed by atoms with van der Waals surface area (Å²) in [6.07, 6.45) is 2.46. The number of anilines is 1. The maximum absolute atomic E-state index is 13.5. The third kappa shape index (κ3) is 5.48. The number of Topliss-reactive ketones (excluding diaryl/α,β-unsaturated/α-hetero) is 1. The van der Waals surface area contributed by atoms with Crippen molar-refractivity contribution in [2.75, 3.05) is 25.2 Å². The van der Waals surface area contributed by atoms with E-state index in [0.717, 1.165) is 23.3 Å². The number of hydrogen-bond donors (Lipinski definition) is 1. The van der Waals surface area contributed by atoms with E-state index in [1.807, 2.05) is 13.8 Å². The first-order valence-corrected chi connectivity index (χ1v) is 13.5. The highest BCUT2D eigenvalue weighted by Gasteiger charge is 2.48. The molecule has 4 rings (SSSR count). The first-order chi connectivity index (χ1) is 19.2. The Morgan fingerprint density at radius 3 is 2.50 bits per heavy atom. The van der Waals surface area contributed by atoms with Crippen LogP contribution in [0.25, 0.3) is 5.76 Å². The molecule has 208 valence electrons. The number of methoxy groups -OCH3 is 1. The number of aliphatic hydroxyl groups excluding tert-OH is 1. The first-order valence-electron chi connectivity index (χ1n) is 12.7. The van der Waals surface area contributed by atoms with Crippen molar-refractivity contribution in [2.24, 2.45) is 0 Å². The van der Waals surface area contributed by atoms with Crippen LogP contribution in [0.4, 0.5) is 5.13 Å². The van der Waals surface area contributed by atoms with Gasteiger partial charge in [-0.25, -0.2) is 9.78 Å². The smallest absolute Gasteiger partial charge is 0.350 e. The van der Waals surface area contributed by atoms with Gasteiger partial charge in [0.25, 0.3) is 5.78 Å². The summed E-state index contributed by atoms with van der Waals surface area (Å²) in [7, 11) is 1.26. The van der Waals surface area contributed by atoms with Gasteiger partial charge in [0.05, 0.1) is 31.0 Å². The molecule has 0 aliphatic carbocycles. The molecule has 1 N–H and O–H groups in total. The summed E-state index contributed by atoms with van der Waals surface area (Å²) in [5, 5.41) is 11.6. The van der Waals surface area contributed by atoms with Gasteiger partial charge in [-0.15, -0.1) is 0 Å². The second-order valence-corrected chi connectivity index (χ2v) is 10.0. The van der Waals surface area contributed by atoms with E-state index in [0.29, 0.717) is 41.5 Å². The third-order valence-electron chi connectivity index (χ3n) is 6.28. The van der Waals surface area contributed by atoms with Crippen LogP contribution in [0.2, 0.25) is 0 Å². The van der Waals surface area contributed by atoms with Crippen molar-refractivity contribution in [3.05, 3.63) is 88.0 Å². The topological polar surface area (TPSA) is 115 Å². The highest BCUT2D eigenvalue weighted by Crippen LogP contribution is 2.44. The van der Waals surface area contributed by atoms with Crippen molar-refractivity contribution in [2.45, 2.75) is 33.2 Å². The molecule has 40 heavy (non-hydrogen) atoms. The Hall–Kier alpha value is -4.44. The van der Waals surface area contributed by atoms with Crippen LogP contribution in [0.15, 0.2) is 60.7 Å². The summed E-state index contributed by atoms with van der Waals surface area (Å²) in [6, 6.07) is 10.9. The van der Waals surface area contributed by atoms with Crippen LogP contribution in [-0.2, 0) is 14.3 Å². The molecule has 10 heteroatoms. The number of thiazole rings is 1. The van der Waals surface area contributed by atoms with Crippen LogP contribution in [0.3, 0.4) is 0 Å². The zero-order valence-electron chi connectivity index (χ0n) is 22.7. The molecule has 1 aliphatic rings. The fourth-order valence-corrected chi connectivity index (χ4v) is 5.35. The molecule has 1 saturated heterocycles. The molecule has 1 aromatic heterocycles. The molecule has 0 spiro atoms. The second-order valence-electron chi connectivity index (χ2n) is 9.07. The van der Waals surface area contributed by atoms with Crippen molar-refractivity contribution in [3.8, 4) is 11.5 Å². The normalized spacial score (nSPS) is 16.2. The van der Waals surface area contributed by atoms with E-state index in [9.17, 15) is 19.5 Å². The predicted octanol–water partition coefficient (Wildman–Crippen LogP) is 5.53. The number of esters is 1. The average molecular weight is 563 g/mol. The third-order valence-corrected chi connectivity index (χ3v) is 7.42. The van der Waals surface area contributed by atoms with E-state index >= 15 is 0 Å². The number of benzene rings is 2. The standard InChI is InChI=1S/C30H30N2O7S/c1-6-14-38-21-11-8-19(9-12-21)24-23(25(33)20-10-13-22(17(3)16-20)39-15-7-2)26(34)28(35)32(24)30-31-18(4)27(40-30)29(36)37-5/h7-13,16,24,33H,2,6,14-15H2,1,3-5H3/t24-/m1/s1. The Balaban J connectivity index is 1.86. The summed E-state index contributed by atoms with van der Waals surface area (Å²) in [6.45, 7) is 9.93. The van der Waals surface area contributed by atoms with Gasteiger partial charge < -0.3 is 19.3 Å². The molecule has 0 unspecified atom stereocenters. The zero-order chi connectivity index (χ0) is 29.0. The number of carbonyl (C=O) groups is 3. The number of ketones is 1. The monoisotopic (exact) mass is 562 g/mol. The highest BCUT2D eigenvalue weighted by molar-refractivity contribution is 7.17. The van der Waals surface area contributed by atoms with Crippen molar-refractivity contribution in [1.82, 2.24) is 4.98 Å². The molecule has 0 bridgehead atoms. The van der Waals surface area contributed by atoms with Crippen LogP contribution >= 0.6 is 11.3 Å². The van der Waals surface area contributed by atoms with Crippen molar-refractivity contribution in [1.29, 1.82) is 0 Å². The van der Waals surface area contributed by atoms with Gasteiger partial charge in [-0.2, -0.15) is 0 Å². The van der Waals surface area contributed by atoms with E-state index < -0.39 is 23.7 Å². The number of hydrogen-bond acceptors (Lipinski definition) is 9. The summed E-state index contributed by atoms with van der Waals surface area (Å²) in [5.41, 5.74) is 1.90. The Bertz CT molecular complexity index is 1490. The number of carbonyl (C=O) groups excluding carboxylic acids is 3. The van der Waals surface area contributed by atoms with Crippen molar-refractivity contribution >= 4 is 39.9 Å². The van der Waals surface area contributed by atoms with Crippen LogP contribution in [-0.4, -0.2) is 48.1 Å². The lowest BCUT2D eigenvalue weighted by Gasteiger charge is -2.23. The minimum Gasteiger partial charge on any atom is -0.507 e. The molecule has 1 amide bonds. The molecule has 0 radical (unpaired) electrons. The number of nitrogens with zero attached hydrogens (tertiary/aromatic N) is 2. The Morgan fingerprint density at radius 2 is 1.88 bits per heavy atom. The van der Waals surface area contributed by atoms with E-state index in [4.69, 9.17) is 14.2 Å². The summed E-state index contributed by atoms with van der Waals surface area (Å²) < 4.78 is 16.2. The minimum absolute atomic E-state index is 0.0983.